The Balaban J connectivity index is 2.16. The first-order valence-corrected chi connectivity index (χ1v) is 5.10. The highest BCUT2D eigenvalue weighted by Crippen LogP contribution is 2.40. The van der Waals surface area contributed by atoms with Gasteiger partial charge in [-0.3, -0.25) is 0 Å². The largest absolute Gasteiger partial charge is 0.396 e. The van der Waals surface area contributed by atoms with Crippen molar-refractivity contribution in [2.45, 2.75) is 24.8 Å². The van der Waals surface area contributed by atoms with Crippen molar-refractivity contribution in [2.24, 2.45) is 5.11 Å². The number of nitrogens with zero attached hydrogens (tertiary/aromatic N) is 3. The highest BCUT2D eigenvalue weighted by molar-refractivity contribution is 5.29. The molecule has 1 aliphatic carbocycles. The van der Waals surface area contributed by atoms with Crippen LogP contribution in [0.4, 0.5) is 0 Å². The van der Waals surface area contributed by atoms with Crippen molar-refractivity contribution in [2.75, 3.05) is 6.61 Å². The summed E-state index contributed by atoms with van der Waals surface area (Å²) >= 11 is 0. The molecule has 15 heavy (non-hydrogen) atoms. The molecule has 1 aromatic carbocycles. The van der Waals surface area contributed by atoms with Crippen LogP contribution in [0, 0.1) is 0 Å². The molecule has 0 heterocycles. The van der Waals surface area contributed by atoms with Gasteiger partial charge in [0.15, 0.2) is 0 Å². The van der Waals surface area contributed by atoms with Gasteiger partial charge in [0.25, 0.3) is 0 Å². The van der Waals surface area contributed by atoms with Crippen molar-refractivity contribution in [1.82, 2.24) is 0 Å². The molecule has 1 fully saturated rings. The molecule has 4 nitrogen and oxygen atoms in total. The topological polar surface area (TPSA) is 69.0 Å². The van der Waals surface area contributed by atoms with E-state index in [-0.39, 0.29) is 6.61 Å². The van der Waals surface area contributed by atoms with Gasteiger partial charge < -0.3 is 5.11 Å². The minimum absolute atomic E-state index is 0.146. The third kappa shape index (κ3) is 2.29. The molecule has 1 aromatic rings. The Bertz CT molecular complexity index is 377. The van der Waals surface area contributed by atoms with Gasteiger partial charge in [-0.2, -0.15) is 0 Å². The van der Waals surface area contributed by atoms with E-state index in [1.807, 2.05) is 12.1 Å². The third-order valence-electron chi connectivity index (χ3n) is 2.73. The maximum absolute atomic E-state index is 9.04. The van der Waals surface area contributed by atoms with E-state index in [9.17, 15) is 0 Å². The molecule has 0 aromatic heterocycles. The maximum atomic E-state index is 9.04. The summed E-state index contributed by atoms with van der Waals surface area (Å²) in [4.78, 5) is 2.72. The molecule has 1 saturated carbocycles. The smallest absolute Gasteiger partial charge is 0.0856 e. The van der Waals surface area contributed by atoms with Crippen LogP contribution in [0.25, 0.3) is 10.4 Å². The van der Waals surface area contributed by atoms with Crippen molar-refractivity contribution in [3.63, 3.8) is 0 Å². The lowest BCUT2D eigenvalue weighted by molar-refractivity contribution is 0.268. The van der Waals surface area contributed by atoms with Gasteiger partial charge in [-0.05, 0) is 35.4 Å². The zero-order valence-electron chi connectivity index (χ0n) is 8.37. The standard InChI is InChI=1S/C11H13N3O/c12-14-13-11(7-15)10-5-3-9(4-6-10)8-1-2-8/h3-6,8,11,15H,1-2,7H2. The third-order valence-corrected chi connectivity index (χ3v) is 2.73. The van der Waals surface area contributed by atoms with Crippen LogP contribution < -0.4 is 0 Å². The fourth-order valence-corrected chi connectivity index (χ4v) is 1.68. The highest BCUT2D eigenvalue weighted by atomic mass is 16.3. The van der Waals surface area contributed by atoms with E-state index in [4.69, 9.17) is 10.6 Å². The number of aliphatic hydroxyl groups is 1. The predicted molar refractivity (Wildman–Crippen MR) is 57.4 cm³/mol. The van der Waals surface area contributed by atoms with Crippen LogP contribution in [-0.2, 0) is 0 Å². The van der Waals surface area contributed by atoms with Crippen LogP contribution in [0.2, 0.25) is 0 Å². The van der Waals surface area contributed by atoms with Gasteiger partial charge in [0, 0.05) is 4.91 Å². The monoisotopic (exact) mass is 203 g/mol. The van der Waals surface area contributed by atoms with Crippen molar-refractivity contribution in [3.8, 4) is 0 Å². The first kappa shape index (κ1) is 10.0. The molecule has 0 bridgehead atoms. The van der Waals surface area contributed by atoms with Crippen molar-refractivity contribution >= 4 is 0 Å². The molecule has 0 saturated heterocycles. The second kappa shape index (κ2) is 4.34. The van der Waals surface area contributed by atoms with E-state index in [0.29, 0.717) is 0 Å². The number of aliphatic hydroxyl groups excluding tert-OH is 1. The lowest BCUT2D eigenvalue weighted by Crippen LogP contribution is -1.99. The number of hydrogen-bond donors (Lipinski definition) is 1. The molecule has 0 aliphatic heterocycles. The quantitative estimate of drug-likeness (QED) is 0.456. The Labute approximate surface area is 88.2 Å². The number of benzene rings is 1. The van der Waals surface area contributed by atoms with Crippen LogP contribution >= 0.6 is 0 Å². The molecule has 0 amide bonds. The van der Waals surface area contributed by atoms with Crippen LogP contribution in [0.3, 0.4) is 0 Å². The summed E-state index contributed by atoms with van der Waals surface area (Å²) in [6, 6.07) is 7.53. The van der Waals surface area contributed by atoms with Gasteiger partial charge >= 0.3 is 0 Å². The lowest BCUT2D eigenvalue weighted by Gasteiger charge is -2.08. The number of hydrogen-bond acceptors (Lipinski definition) is 2. The molecule has 2 rings (SSSR count). The second-order valence-corrected chi connectivity index (χ2v) is 3.84. The second-order valence-electron chi connectivity index (χ2n) is 3.84. The van der Waals surface area contributed by atoms with Gasteiger partial charge in [0.2, 0.25) is 0 Å². The molecule has 0 spiro atoms. The lowest BCUT2D eigenvalue weighted by atomic mass is 10.0. The summed E-state index contributed by atoms with van der Waals surface area (Å²) in [5.41, 5.74) is 10.5. The predicted octanol–water partition coefficient (Wildman–Crippen LogP) is 2.91. The Morgan fingerprint density at radius 2 is 2.07 bits per heavy atom. The van der Waals surface area contributed by atoms with Gasteiger partial charge in [0.1, 0.15) is 0 Å². The molecule has 1 N–H and O–H groups in total. The summed E-state index contributed by atoms with van der Waals surface area (Å²) in [7, 11) is 0. The van der Waals surface area contributed by atoms with E-state index in [1.54, 1.807) is 0 Å². The van der Waals surface area contributed by atoms with Gasteiger partial charge in [-0.25, -0.2) is 0 Å². The first-order chi connectivity index (χ1) is 7.35. The number of azide groups is 1. The summed E-state index contributed by atoms with van der Waals surface area (Å²) in [5.74, 6) is 0.728. The normalized spacial score (nSPS) is 16.9. The van der Waals surface area contributed by atoms with Crippen LogP contribution in [0.5, 0.6) is 0 Å². The highest BCUT2D eigenvalue weighted by Gasteiger charge is 2.23. The fourth-order valence-electron chi connectivity index (χ4n) is 1.68. The summed E-state index contributed by atoms with van der Waals surface area (Å²) in [6.07, 6.45) is 2.55. The van der Waals surface area contributed by atoms with Gasteiger partial charge in [-0.15, -0.1) is 0 Å². The molecule has 1 atom stereocenters. The van der Waals surface area contributed by atoms with Crippen molar-refractivity contribution in [3.05, 3.63) is 45.8 Å². The minimum atomic E-state index is -0.455. The number of rotatable bonds is 4. The van der Waals surface area contributed by atoms with Crippen molar-refractivity contribution < 1.29 is 5.11 Å². The molecule has 4 heteroatoms. The van der Waals surface area contributed by atoms with E-state index < -0.39 is 6.04 Å². The SMILES string of the molecule is [N-]=[N+]=NC(CO)c1ccc(C2CC2)cc1. The average molecular weight is 203 g/mol. The fraction of sp³-hybridized carbons (Fsp3) is 0.455. The Morgan fingerprint density at radius 1 is 1.40 bits per heavy atom. The summed E-state index contributed by atoms with van der Waals surface area (Å²) in [6.45, 7) is -0.146. The summed E-state index contributed by atoms with van der Waals surface area (Å²) in [5, 5.41) is 12.6. The van der Waals surface area contributed by atoms with Gasteiger partial charge in [0.05, 0.1) is 12.6 Å². The van der Waals surface area contributed by atoms with E-state index in [0.717, 1.165) is 11.5 Å². The molecular formula is C11H13N3O. The first-order valence-electron chi connectivity index (χ1n) is 5.10. The van der Waals surface area contributed by atoms with Crippen LogP contribution in [0.1, 0.15) is 35.9 Å². The zero-order valence-corrected chi connectivity index (χ0v) is 8.37. The van der Waals surface area contributed by atoms with Crippen LogP contribution in [-0.4, -0.2) is 11.7 Å². The van der Waals surface area contributed by atoms with E-state index in [2.05, 4.69) is 22.2 Å². The summed E-state index contributed by atoms with van der Waals surface area (Å²) < 4.78 is 0. The molecular weight excluding hydrogens is 190 g/mol. The Kier molecular flexibility index (Phi) is 2.90. The molecule has 1 aliphatic rings. The molecule has 78 valence electrons. The minimum Gasteiger partial charge on any atom is -0.396 e. The maximum Gasteiger partial charge on any atom is 0.0856 e. The van der Waals surface area contributed by atoms with Crippen molar-refractivity contribution in [1.29, 1.82) is 0 Å². The molecule has 1 unspecified atom stereocenters. The van der Waals surface area contributed by atoms with Crippen LogP contribution in [0.15, 0.2) is 29.4 Å². The van der Waals surface area contributed by atoms with E-state index >= 15 is 0 Å². The van der Waals surface area contributed by atoms with Gasteiger partial charge in [-0.1, -0.05) is 29.4 Å². The average Bonchev–Trinajstić information content (AvgIpc) is 3.10. The molecule has 0 radical (unpaired) electrons. The zero-order chi connectivity index (χ0) is 10.7. The van der Waals surface area contributed by atoms with E-state index in [1.165, 1.54) is 18.4 Å². The Morgan fingerprint density at radius 3 is 2.53 bits per heavy atom. The Hall–Kier alpha value is -1.51.